The Hall–Kier alpha value is -2.76. The summed E-state index contributed by atoms with van der Waals surface area (Å²) in [6.45, 7) is 0. The van der Waals surface area contributed by atoms with E-state index in [0.717, 1.165) is 0 Å². The van der Waals surface area contributed by atoms with E-state index in [1.165, 1.54) is 6.07 Å². The molecule has 0 amide bonds. The average Bonchev–Trinajstić information content (AvgIpc) is 2.86. The second-order valence-electron chi connectivity index (χ2n) is 3.70. The summed E-state index contributed by atoms with van der Waals surface area (Å²) in [5.74, 6) is 0.519. The first-order valence-electron chi connectivity index (χ1n) is 5.29. The quantitative estimate of drug-likeness (QED) is 0.509. The molecule has 2 aromatic heterocycles. The monoisotopic (exact) mass is 240 g/mol. The molecule has 1 aromatic carbocycles. The molecule has 0 atom stereocenters. The highest BCUT2D eigenvalue weighted by Gasteiger charge is 2.16. The minimum Gasteiger partial charge on any atom is -0.284 e. The standard InChI is InChI=1S/C12H8N4O2/c17-16(18)11-4-2-1-3-9(11)10-5-6-13-12-14-7-8-15(10)12/h1-8H. The Balaban J connectivity index is 2.33. The van der Waals surface area contributed by atoms with Crippen LogP contribution in [-0.2, 0) is 0 Å². The fourth-order valence-electron chi connectivity index (χ4n) is 1.90. The molecule has 0 N–H and O–H groups in total. The first-order valence-corrected chi connectivity index (χ1v) is 5.29. The van der Waals surface area contributed by atoms with Crippen LogP contribution in [-0.4, -0.2) is 19.3 Å². The highest BCUT2D eigenvalue weighted by molar-refractivity contribution is 5.71. The van der Waals surface area contributed by atoms with Crippen LogP contribution in [0, 0.1) is 10.1 Å². The van der Waals surface area contributed by atoms with Crippen molar-refractivity contribution in [2.45, 2.75) is 0 Å². The SMILES string of the molecule is O=[N+]([O-])c1ccccc1-c1ccnc2nccn12. The van der Waals surface area contributed by atoms with Crippen molar-refractivity contribution in [3.05, 3.63) is 59.0 Å². The predicted molar refractivity (Wildman–Crippen MR) is 65.1 cm³/mol. The fraction of sp³-hybridized carbons (Fsp3) is 0. The lowest BCUT2D eigenvalue weighted by Crippen LogP contribution is -1.97. The maximum atomic E-state index is 11.0. The summed E-state index contributed by atoms with van der Waals surface area (Å²) in [5.41, 5.74) is 1.32. The van der Waals surface area contributed by atoms with E-state index in [1.807, 2.05) is 0 Å². The molecule has 88 valence electrons. The van der Waals surface area contributed by atoms with Gasteiger partial charge in [0, 0.05) is 24.7 Å². The number of fused-ring (bicyclic) bond motifs is 1. The third-order valence-corrected chi connectivity index (χ3v) is 2.68. The molecule has 0 bridgehead atoms. The second-order valence-corrected chi connectivity index (χ2v) is 3.70. The van der Waals surface area contributed by atoms with Gasteiger partial charge in [0.05, 0.1) is 16.2 Å². The van der Waals surface area contributed by atoms with Gasteiger partial charge >= 0.3 is 0 Å². The Morgan fingerprint density at radius 2 is 1.89 bits per heavy atom. The van der Waals surface area contributed by atoms with E-state index >= 15 is 0 Å². The van der Waals surface area contributed by atoms with Gasteiger partial charge in [0.15, 0.2) is 0 Å². The molecule has 0 radical (unpaired) electrons. The van der Waals surface area contributed by atoms with Crippen LogP contribution < -0.4 is 0 Å². The highest BCUT2D eigenvalue weighted by Crippen LogP contribution is 2.29. The molecule has 0 saturated heterocycles. The number of nitro benzene ring substituents is 1. The van der Waals surface area contributed by atoms with Crippen LogP contribution in [0.25, 0.3) is 17.0 Å². The Kier molecular flexibility index (Phi) is 2.26. The first-order chi connectivity index (χ1) is 8.77. The minimum atomic E-state index is -0.390. The molecule has 3 aromatic rings. The summed E-state index contributed by atoms with van der Waals surface area (Å²) in [7, 11) is 0. The molecule has 0 spiro atoms. The maximum Gasteiger partial charge on any atom is 0.278 e. The van der Waals surface area contributed by atoms with Crippen molar-refractivity contribution in [1.29, 1.82) is 0 Å². The number of rotatable bonds is 2. The molecule has 3 rings (SSSR count). The van der Waals surface area contributed by atoms with Crippen LogP contribution in [0.4, 0.5) is 5.69 Å². The summed E-state index contributed by atoms with van der Waals surface area (Å²) in [4.78, 5) is 18.8. The number of hydrogen-bond acceptors (Lipinski definition) is 4. The van der Waals surface area contributed by atoms with Crippen molar-refractivity contribution < 1.29 is 4.92 Å². The molecule has 0 saturated carbocycles. The zero-order chi connectivity index (χ0) is 12.5. The molecule has 0 unspecified atom stereocenters. The second kappa shape index (κ2) is 3.92. The van der Waals surface area contributed by atoms with Gasteiger partial charge in [0.25, 0.3) is 5.69 Å². The third-order valence-electron chi connectivity index (χ3n) is 2.68. The van der Waals surface area contributed by atoms with Gasteiger partial charge in [0.1, 0.15) is 0 Å². The van der Waals surface area contributed by atoms with Gasteiger partial charge in [0.2, 0.25) is 5.78 Å². The third kappa shape index (κ3) is 1.51. The molecule has 0 aliphatic heterocycles. The number of benzene rings is 1. The summed E-state index contributed by atoms with van der Waals surface area (Å²) < 4.78 is 1.72. The summed E-state index contributed by atoms with van der Waals surface area (Å²) in [6, 6.07) is 8.35. The van der Waals surface area contributed by atoms with Gasteiger partial charge < -0.3 is 0 Å². The minimum absolute atomic E-state index is 0.0682. The van der Waals surface area contributed by atoms with Crippen LogP contribution in [0.2, 0.25) is 0 Å². The van der Waals surface area contributed by atoms with E-state index in [2.05, 4.69) is 9.97 Å². The largest absolute Gasteiger partial charge is 0.284 e. The Labute approximate surface area is 102 Å². The lowest BCUT2D eigenvalue weighted by molar-refractivity contribution is -0.384. The van der Waals surface area contributed by atoms with Gasteiger partial charge in [-0.05, 0) is 12.1 Å². The zero-order valence-corrected chi connectivity index (χ0v) is 9.22. The van der Waals surface area contributed by atoms with Crippen molar-refractivity contribution in [3.8, 4) is 11.3 Å². The molecular formula is C12H8N4O2. The van der Waals surface area contributed by atoms with Gasteiger partial charge in [-0.1, -0.05) is 12.1 Å². The van der Waals surface area contributed by atoms with Crippen molar-refractivity contribution >= 4 is 11.5 Å². The highest BCUT2D eigenvalue weighted by atomic mass is 16.6. The van der Waals surface area contributed by atoms with E-state index in [-0.39, 0.29) is 5.69 Å². The molecule has 6 nitrogen and oxygen atoms in total. The van der Waals surface area contributed by atoms with Crippen LogP contribution in [0.5, 0.6) is 0 Å². The smallest absolute Gasteiger partial charge is 0.278 e. The zero-order valence-electron chi connectivity index (χ0n) is 9.22. The topological polar surface area (TPSA) is 73.3 Å². The molecule has 0 fully saturated rings. The number of imidazole rings is 1. The van der Waals surface area contributed by atoms with Gasteiger partial charge in [-0.25, -0.2) is 9.97 Å². The van der Waals surface area contributed by atoms with E-state index < -0.39 is 4.92 Å². The summed E-state index contributed by atoms with van der Waals surface area (Å²) in [5, 5.41) is 11.0. The van der Waals surface area contributed by atoms with E-state index in [0.29, 0.717) is 17.0 Å². The molecule has 0 aliphatic carbocycles. The summed E-state index contributed by atoms with van der Waals surface area (Å²) >= 11 is 0. The molecule has 2 heterocycles. The van der Waals surface area contributed by atoms with Crippen molar-refractivity contribution in [1.82, 2.24) is 14.4 Å². The average molecular weight is 240 g/mol. The number of hydrogen-bond donors (Lipinski definition) is 0. The lowest BCUT2D eigenvalue weighted by Gasteiger charge is -2.05. The Morgan fingerprint density at radius 3 is 2.72 bits per heavy atom. The maximum absolute atomic E-state index is 11.0. The van der Waals surface area contributed by atoms with Crippen LogP contribution in [0.15, 0.2) is 48.9 Å². The van der Waals surface area contributed by atoms with Gasteiger partial charge in [-0.2, -0.15) is 0 Å². The predicted octanol–water partition coefficient (Wildman–Crippen LogP) is 2.30. The Morgan fingerprint density at radius 1 is 1.11 bits per heavy atom. The number of nitro groups is 1. The fourth-order valence-corrected chi connectivity index (χ4v) is 1.90. The molecule has 0 aliphatic rings. The van der Waals surface area contributed by atoms with E-state index in [4.69, 9.17) is 0 Å². The van der Waals surface area contributed by atoms with Crippen LogP contribution in [0.1, 0.15) is 0 Å². The van der Waals surface area contributed by atoms with Crippen molar-refractivity contribution in [2.75, 3.05) is 0 Å². The lowest BCUT2D eigenvalue weighted by atomic mass is 10.1. The number of nitrogens with zero attached hydrogens (tertiary/aromatic N) is 4. The van der Waals surface area contributed by atoms with E-state index in [1.54, 1.807) is 47.3 Å². The molecule has 6 heteroatoms. The van der Waals surface area contributed by atoms with Gasteiger partial charge in [-0.15, -0.1) is 0 Å². The molecule has 18 heavy (non-hydrogen) atoms. The van der Waals surface area contributed by atoms with E-state index in [9.17, 15) is 10.1 Å². The normalized spacial score (nSPS) is 10.7. The first kappa shape index (κ1) is 10.4. The number of aromatic nitrogens is 3. The number of para-hydroxylation sites is 1. The van der Waals surface area contributed by atoms with Crippen molar-refractivity contribution in [3.63, 3.8) is 0 Å². The molecular weight excluding hydrogens is 232 g/mol. The Bertz CT molecular complexity index is 736. The van der Waals surface area contributed by atoms with Gasteiger partial charge in [-0.3, -0.25) is 14.5 Å². The van der Waals surface area contributed by atoms with Crippen molar-refractivity contribution in [2.24, 2.45) is 0 Å². The van der Waals surface area contributed by atoms with Crippen LogP contribution >= 0.6 is 0 Å². The van der Waals surface area contributed by atoms with Crippen LogP contribution in [0.3, 0.4) is 0 Å². The summed E-state index contributed by atoms with van der Waals surface area (Å²) in [6.07, 6.45) is 4.93.